The Morgan fingerprint density at radius 3 is 2.22 bits per heavy atom. The summed E-state index contributed by atoms with van der Waals surface area (Å²) in [5.74, 6) is -3.14. The fourth-order valence-corrected chi connectivity index (χ4v) is 5.44. The first kappa shape index (κ1) is 27.5. The zero-order valence-corrected chi connectivity index (χ0v) is 20.5. The van der Waals surface area contributed by atoms with Crippen molar-refractivity contribution < 1.29 is 31.5 Å². The third kappa shape index (κ3) is 6.56. The maximum Gasteiger partial charge on any atom is 0.416 e. The standard InChI is InChI=1S/C24H17Cl2F3N2O4S/c25-19-7-4-15(5-8-19)13-36(34,35)14-23(33,17-2-1-3-18(10-17)24(27,28)29)22(32)31-20-9-6-16(12-30)21(26)11-20/h1-11,33H,13-14H2,(H,31,32). The molecule has 2 N–H and O–H groups in total. The molecule has 0 aliphatic heterocycles. The average Bonchev–Trinajstić information content (AvgIpc) is 2.79. The first-order valence-corrected chi connectivity index (χ1v) is 12.7. The van der Waals surface area contributed by atoms with Crippen LogP contribution in [-0.2, 0) is 32.2 Å². The Balaban J connectivity index is 2.03. The molecule has 0 bridgehead atoms. The zero-order valence-electron chi connectivity index (χ0n) is 18.2. The number of anilines is 1. The molecule has 3 rings (SSSR count). The molecule has 3 aromatic carbocycles. The van der Waals surface area contributed by atoms with Crippen molar-refractivity contribution in [2.75, 3.05) is 11.1 Å². The molecule has 0 spiro atoms. The maximum absolute atomic E-state index is 13.3. The van der Waals surface area contributed by atoms with Gasteiger partial charge in [0.25, 0.3) is 5.91 Å². The molecule has 0 heterocycles. The van der Waals surface area contributed by atoms with E-state index in [4.69, 9.17) is 28.5 Å². The summed E-state index contributed by atoms with van der Waals surface area (Å²) in [6.45, 7) is 0. The SMILES string of the molecule is N#Cc1ccc(NC(=O)C(O)(CS(=O)(=O)Cc2ccc(Cl)cc2)c2cccc(C(F)(F)F)c2)cc1Cl. The van der Waals surface area contributed by atoms with Gasteiger partial charge in [-0.1, -0.05) is 47.5 Å². The molecule has 1 atom stereocenters. The van der Waals surface area contributed by atoms with Gasteiger partial charge in [0.2, 0.25) is 0 Å². The number of alkyl halides is 3. The summed E-state index contributed by atoms with van der Waals surface area (Å²) in [5.41, 5.74) is -4.28. The van der Waals surface area contributed by atoms with Crippen molar-refractivity contribution in [3.05, 3.63) is 99.0 Å². The fraction of sp³-hybridized carbons (Fsp3) is 0.167. The van der Waals surface area contributed by atoms with E-state index >= 15 is 0 Å². The Morgan fingerprint density at radius 1 is 1.00 bits per heavy atom. The summed E-state index contributed by atoms with van der Waals surface area (Å²) >= 11 is 11.8. The van der Waals surface area contributed by atoms with Gasteiger partial charge in [-0.25, -0.2) is 8.42 Å². The second-order valence-corrected chi connectivity index (χ2v) is 10.8. The third-order valence-electron chi connectivity index (χ3n) is 5.12. The molecular formula is C24H17Cl2F3N2O4S. The normalized spacial score (nSPS) is 13.5. The van der Waals surface area contributed by atoms with Gasteiger partial charge in [-0.05, 0) is 53.6 Å². The van der Waals surface area contributed by atoms with Crippen molar-refractivity contribution in [1.29, 1.82) is 5.26 Å². The topological polar surface area (TPSA) is 107 Å². The highest BCUT2D eigenvalue weighted by Crippen LogP contribution is 2.34. The molecule has 6 nitrogen and oxygen atoms in total. The van der Waals surface area contributed by atoms with Crippen LogP contribution in [-0.4, -0.2) is 25.2 Å². The molecule has 0 aliphatic carbocycles. The van der Waals surface area contributed by atoms with Crippen LogP contribution < -0.4 is 5.32 Å². The van der Waals surface area contributed by atoms with Gasteiger partial charge >= 0.3 is 6.18 Å². The molecule has 12 heteroatoms. The van der Waals surface area contributed by atoms with E-state index in [1.807, 2.05) is 6.07 Å². The number of sulfone groups is 1. The number of nitrogens with one attached hydrogen (secondary N) is 1. The molecule has 0 fully saturated rings. The number of carbonyl (C=O) groups is 1. The summed E-state index contributed by atoms with van der Waals surface area (Å²) in [4.78, 5) is 13.2. The molecule has 0 radical (unpaired) electrons. The Kier molecular flexibility index (Phi) is 8.00. The number of carbonyl (C=O) groups excluding carboxylic acids is 1. The first-order valence-electron chi connectivity index (χ1n) is 10.1. The minimum Gasteiger partial charge on any atom is -0.374 e. The lowest BCUT2D eigenvalue weighted by molar-refractivity contribution is -0.138. The summed E-state index contributed by atoms with van der Waals surface area (Å²) in [7, 11) is -4.26. The smallest absolute Gasteiger partial charge is 0.374 e. The molecule has 0 aliphatic rings. The summed E-state index contributed by atoms with van der Waals surface area (Å²) in [6.07, 6.45) is -4.81. The lowest BCUT2D eigenvalue weighted by atomic mass is 9.93. The van der Waals surface area contributed by atoms with Gasteiger partial charge in [0.15, 0.2) is 15.4 Å². The van der Waals surface area contributed by atoms with Crippen molar-refractivity contribution >= 4 is 44.6 Å². The van der Waals surface area contributed by atoms with Crippen LogP contribution in [0.25, 0.3) is 0 Å². The molecular weight excluding hydrogens is 540 g/mol. The van der Waals surface area contributed by atoms with Gasteiger partial charge < -0.3 is 10.4 Å². The van der Waals surface area contributed by atoms with Crippen LogP contribution in [0.3, 0.4) is 0 Å². The van der Waals surface area contributed by atoms with E-state index in [1.165, 1.54) is 42.5 Å². The largest absolute Gasteiger partial charge is 0.416 e. The number of amides is 1. The maximum atomic E-state index is 13.3. The van der Waals surface area contributed by atoms with Crippen LogP contribution >= 0.6 is 23.2 Å². The second kappa shape index (κ2) is 10.5. The van der Waals surface area contributed by atoms with Gasteiger partial charge in [-0.2, -0.15) is 18.4 Å². The van der Waals surface area contributed by atoms with Gasteiger partial charge in [-0.15, -0.1) is 0 Å². The van der Waals surface area contributed by atoms with E-state index in [1.54, 1.807) is 0 Å². The molecule has 36 heavy (non-hydrogen) atoms. The van der Waals surface area contributed by atoms with Crippen molar-refractivity contribution in [3.8, 4) is 6.07 Å². The Bertz CT molecular complexity index is 1440. The number of aliphatic hydroxyl groups is 1. The molecule has 0 aromatic heterocycles. The van der Waals surface area contributed by atoms with Crippen LogP contribution in [0.5, 0.6) is 0 Å². The highest BCUT2D eigenvalue weighted by Gasteiger charge is 2.44. The number of rotatable bonds is 7. The van der Waals surface area contributed by atoms with Crippen LogP contribution in [0.15, 0.2) is 66.7 Å². The van der Waals surface area contributed by atoms with Crippen LogP contribution in [0.2, 0.25) is 10.0 Å². The fourth-order valence-electron chi connectivity index (χ4n) is 3.35. The summed E-state index contributed by atoms with van der Waals surface area (Å²) < 4.78 is 66.0. The molecule has 188 valence electrons. The first-order chi connectivity index (χ1) is 16.7. The molecule has 3 aromatic rings. The number of nitriles is 1. The van der Waals surface area contributed by atoms with Crippen LogP contribution in [0, 0.1) is 11.3 Å². The minimum atomic E-state index is -4.81. The van der Waals surface area contributed by atoms with E-state index in [0.29, 0.717) is 16.7 Å². The quantitative estimate of drug-likeness (QED) is 0.409. The van der Waals surface area contributed by atoms with Gasteiger partial charge in [0.05, 0.1) is 27.7 Å². The number of nitrogens with zero attached hydrogens (tertiary/aromatic N) is 1. The van der Waals surface area contributed by atoms with E-state index in [2.05, 4.69) is 5.32 Å². The van der Waals surface area contributed by atoms with E-state index < -0.39 is 50.2 Å². The highest BCUT2D eigenvalue weighted by atomic mass is 35.5. The van der Waals surface area contributed by atoms with Crippen molar-refractivity contribution in [2.24, 2.45) is 0 Å². The monoisotopic (exact) mass is 556 g/mol. The lowest BCUT2D eigenvalue weighted by Crippen LogP contribution is -2.46. The van der Waals surface area contributed by atoms with Gasteiger partial charge in [-0.3, -0.25) is 4.79 Å². The van der Waals surface area contributed by atoms with Crippen LogP contribution in [0.4, 0.5) is 18.9 Å². The Hall–Kier alpha value is -3.10. The van der Waals surface area contributed by atoms with E-state index in [-0.39, 0.29) is 16.3 Å². The predicted molar refractivity (Wildman–Crippen MR) is 129 cm³/mol. The average molecular weight is 557 g/mol. The van der Waals surface area contributed by atoms with Crippen molar-refractivity contribution in [1.82, 2.24) is 0 Å². The molecule has 1 unspecified atom stereocenters. The van der Waals surface area contributed by atoms with Crippen molar-refractivity contribution in [2.45, 2.75) is 17.5 Å². The molecule has 0 saturated carbocycles. The van der Waals surface area contributed by atoms with Crippen LogP contribution in [0.1, 0.15) is 22.3 Å². The lowest BCUT2D eigenvalue weighted by Gasteiger charge is -2.28. The highest BCUT2D eigenvalue weighted by molar-refractivity contribution is 7.90. The predicted octanol–water partition coefficient (Wildman–Crippen LogP) is 5.33. The van der Waals surface area contributed by atoms with Gasteiger partial charge in [0.1, 0.15) is 6.07 Å². The molecule has 1 amide bonds. The Labute approximate surface area is 214 Å². The summed E-state index contributed by atoms with van der Waals surface area (Å²) in [6, 6.07) is 14.6. The van der Waals surface area contributed by atoms with Crippen molar-refractivity contribution in [3.63, 3.8) is 0 Å². The van der Waals surface area contributed by atoms with E-state index in [9.17, 15) is 31.5 Å². The molecule has 0 saturated heterocycles. The number of hydrogen-bond donors (Lipinski definition) is 2. The Morgan fingerprint density at radius 2 is 1.64 bits per heavy atom. The summed E-state index contributed by atoms with van der Waals surface area (Å²) in [5, 5.41) is 23.0. The third-order valence-corrected chi connectivity index (χ3v) is 7.31. The zero-order chi connectivity index (χ0) is 26.7. The number of benzene rings is 3. The van der Waals surface area contributed by atoms with Gasteiger partial charge in [0, 0.05) is 10.7 Å². The number of halogens is 5. The minimum absolute atomic E-state index is 0.00972. The second-order valence-electron chi connectivity index (χ2n) is 7.86. The van der Waals surface area contributed by atoms with E-state index in [0.717, 1.165) is 18.2 Å². The number of hydrogen-bond acceptors (Lipinski definition) is 5.